The summed E-state index contributed by atoms with van der Waals surface area (Å²) in [5.74, 6) is 3.95. The third kappa shape index (κ3) is 5.56. The fourth-order valence-corrected chi connectivity index (χ4v) is 1.48. The van der Waals surface area contributed by atoms with E-state index in [1.165, 1.54) is 0 Å². The Labute approximate surface area is 119 Å². The van der Waals surface area contributed by atoms with E-state index in [1.54, 1.807) is 7.11 Å². The Morgan fingerprint density at radius 2 is 2.10 bits per heavy atom. The molecule has 0 unspecified atom stereocenters. The largest absolute Gasteiger partial charge is 0.419 e. The van der Waals surface area contributed by atoms with Gasteiger partial charge in [-0.25, -0.2) is 10.2 Å². The van der Waals surface area contributed by atoms with Gasteiger partial charge in [-0.15, -0.1) is 0 Å². The maximum atomic E-state index is 13.1. The van der Waals surface area contributed by atoms with Crippen LogP contribution >= 0.6 is 0 Å². The van der Waals surface area contributed by atoms with Crippen molar-refractivity contribution in [3.05, 3.63) is 29.6 Å². The third-order valence-electron chi connectivity index (χ3n) is 2.45. The van der Waals surface area contributed by atoms with Crippen molar-refractivity contribution in [1.29, 1.82) is 0 Å². The predicted molar refractivity (Wildman–Crippen MR) is 71.1 cm³/mol. The molecule has 1 aromatic rings. The lowest BCUT2D eigenvalue weighted by Crippen LogP contribution is -2.36. The molecule has 0 heterocycles. The van der Waals surface area contributed by atoms with Gasteiger partial charge in [0.05, 0.1) is 5.56 Å². The summed E-state index contributed by atoms with van der Waals surface area (Å²) < 4.78 is 55.7. The maximum Gasteiger partial charge on any atom is 0.419 e. The van der Waals surface area contributed by atoms with E-state index in [0.717, 1.165) is 12.1 Å². The first-order valence-corrected chi connectivity index (χ1v) is 6.02. The number of rotatable bonds is 5. The second kappa shape index (κ2) is 7.79. The number of aliphatic imine (C=N–C) groups is 1. The lowest BCUT2D eigenvalue weighted by Gasteiger charge is -2.12. The van der Waals surface area contributed by atoms with Crippen LogP contribution in [-0.4, -0.2) is 26.2 Å². The Morgan fingerprint density at radius 3 is 2.67 bits per heavy atom. The van der Waals surface area contributed by atoms with Crippen molar-refractivity contribution in [3.8, 4) is 0 Å². The molecule has 1 aromatic carbocycles. The number of nitrogens with one attached hydrogen (secondary N) is 2. The first-order valence-electron chi connectivity index (χ1n) is 6.02. The van der Waals surface area contributed by atoms with E-state index in [9.17, 15) is 17.6 Å². The van der Waals surface area contributed by atoms with E-state index in [2.05, 4.69) is 15.7 Å². The number of hydrazine groups is 1. The topological polar surface area (TPSA) is 71.7 Å². The summed E-state index contributed by atoms with van der Waals surface area (Å²) in [4.78, 5) is 4.00. The number of methoxy groups -OCH3 is 1. The molecule has 0 radical (unpaired) electrons. The van der Waals surface area contributed by atoms with Crippen molar-refractivity contribution >= 4 is 11.6 Å². The number of hydrogen-bond donors (Lipinski definition) is 3. The summed E-state index contributed by atoms with van der Waals surface area (Å²) in [6.45, 7) is 0.865. The molecule has 0 fully saturated rings. The van der Waals surface area contributed by atoms with Gasteiger partial charge in [-0.05, 0) is 24.6 Å². The van der Waals surface area contributed by atoms with Crippen LogP contribution in [0.2, 0.25) is 0 Å². The molecule has 0 atom stereocenters. The number of anilines is 1. The summed E-state index contributed by atoms with van der Waals surface area (Å²) in [5, 5.41) is 2.55. The van der Waals surface area contributed by atoms with Gasteiger partial charge < -0.3 is 10.1 Å². The Bertz CT molecular complexity index is 491. The molecule has 21 heavy (non-hydrogen) atoms. The number of ether oxygens (including phenoxy) is 1. The van der Waals surface area contributed by atoms with Crippen LogP contribution in [0.25, 0.3) is 0 Å². The highest BCUT2D eigenvalue weighted by Crippen LogP contribution is 2.32. The van der Waals surface area contributed by atoms with Crippen LogP contribution < -0.4 is 16.6 Å². The Hall–Kier alpha value is -1.87. The summed E-state index contributed by atoms with van der Waals surface area (Å²) in [6.07, 6.45) is -4.14. The molecule has 0 amide bonds. The molecule has 0 bridgehead atoms. The molecule has 0 aliphatic rings. The normalized spacial score (nSPS) is 12.4. The summed E-state index contributed by atoms with van der Waals surface area (Å²) >= 11 is 0. The molecule has 0 aliphatic carbocycles. The first-order chi connectivity index (χ1) is 9.88. The Morgan fingerprint density at radius 1 is 1.38 bits per heavy atom. The number of nitrogens with zero attached hydrogens (tertiary/aromatic N) is 1. The van der Waals surface area contributed by atoms with E-state index < -0.39 is 17.6 Å². The van der Waals surface area contributed by atoms with Crippen molar-refractivity contribution in [2.45, 2.75) is 12.6 Å². The Kier molecular flexibility index (Phi) is 6.38. The van der Waals surface area contributed by atoms with Gasteiger partial charge in [0.2, 0.25) is 5.96 Å². The van der Waals surface area contributed by atoms with Crippen LogP contribution in [0.5, 0.6) is 0 Å². The molecule has 4 N–H and O–H groups in total. The second-order valence-corrected chi connectivity index (χ2v) is 4.04. The van der Waals surface area contributed by atoms with Crippen LogP contribution in [0.4, 0.5) is 23.2 Å². The number of halogens is 4. The van der Waals surface area contributed by atoms with E-state index in [4.69, 9.17) is 10.6 Å². The highest BCUT2D eigenvalue weighted by Gasteiger charge is 2.34. The van der Waals surface area contributed by atoms with E-state index >= 15 is 0 Å². The minimum Gasteiger partial charge on any atom is -0.385 e. The zero-order valence-corrected chi connectivity index (χ0v) is 11.3. The lowest BCUT2D eigenvalue weighted by molar-refractivity contribution is -0.139. The molecule has 118 valence electrons. The third-order valence-corrected chi connectivity index (χ3v) is 2.45. The van der Waals surface area contributed by atoms with Gasteiger partial charge in [-0.3, -0.25) is 10.4 Å². The zero-order valence-electron chi connectivity index (χ0n) is 11.3. The number of alkyl halides is 3. The molecular formula is C12H16F4N4O. The quantitative estimate of drug-likeness (QED) is 0.195. The molecule has 1 rings (SSSR count). The lowest BCUT2D eigenvalue weighted by atomic mass is 10.2. The minimum absolute atomic E-state index is 0.0205. The highest BCUT2D eigenvalue weighted by molar-refractivity contribution is 5.93. The number of guanidine groups is 1. The molecule has 0 aliphatic heterocycles. The molecule has 9 heteroatoms. The first kappa shape index (κ1) is 17.2. The maximum absolute atomic E-state index is 13.1. The molecule has 0 aromatic heterocycles. The monoisotopic (exact) mass is 308 g/mol. The molecular weight excluding hydrogens is 292 g/mol. The van der Waals surface area contributed by atoms with E-state index in [-0.39, 0.29) is 11.6 Å². The van der Waals surface area contributed by atoms with Gasteiger partial charge in [0.25, 0.3) is 0 Å². The van der Waals surface area contributed by atoms with Crippen molar-refractivity contribution in [2.24, 2.45) is 10.8 Å². The molecule has 0 spiro atoms. The minimum atomic E-state index is -4.77. The van der Waals surface area contributed by atoms with Crippen LogP contribution in [0, 0.1) is 5.82 Å². The Balaban J connectivity index is 2.81. The molecule has 5 nitrogen and oxygen atoms in total. The van der Waals surface area contributed by atoms with E-state index in [0.29, 0.717) is 25.6 Å². The van der Waals surface area contributed by atoms with Gasteiger partial charge in [-0.2, -0.15) is 13.2 Å². The number of benzene rings is 1. The van der Waals surface area contributed by atoms with Crippen molar-refractivity contribution in [3.63, 3.8) is 0 Å². The average Bonchev–Trinajstić information content (AvgIpc) is 2.42. The smallest absolute Gasteiger partial charge is 0.385 e. The van der Waals surface area contributed by atoms with Crippen molar-refractivity contribution < 1.29 is 22.3 Å². The van der Waals surface area contributed by atoms with Crippen molar-refractivity contribution in [1.82, 2.24) is 5.43 Å². The van der Waals surface area contributed by atoms with Gasteiger partial charge in [-0.1, -0.05) is 0 Å². The van der Waals surface area contributed by atoms with Crippen LogP contribution in [-0.2, 0) is 10.9 Å². The number of hydrogen-bond acceptors (Lipinski definition) is 3. The summed E-state index contributed by atoms with van der Waals surface area (Å²) in [5.41, 5.74) is 0.886. The summed E-state index contributed by atoms with van der Waals surface area (Å²) in [6, 6.07) is 2.54. The van der Waals surface area contributed by atoms with Gasteiger partial charge >= 0.3 is 6.18 Å². The average molecular weight is 308 g/mol. The summed E-state index contributed by atoms with van der Waals surface area (Å²) in [7, 11) is 1.54. The van der Waals surface area contributed by atoms with Gasteiger partial charge in [0.15, 0.2) is 0 Å². The molecule has 0 saturated carbocycles. The second-order valence-electron chi connectivity index (χ2n) is 4.04. The standard InChI is InChI=1S/C12H16F4N4O/c1-21-6-2-5-18-11(20-17)19-8-3-4-10(13)9(7-8)12(14,15)16/h3-4,7H,2,5-6,17H2,1H3,(H2,18,19,20). The van der Waals surface area contributed by atoms with Gasteiger partial charge in [0.1, 0.15) is 5.82 Å². The number of nitrogens with two attached hydrogens (primary N) is 1. The highest BCUT2D eigenvalue weighted by atomic mass is 19.4. The predicted octanol–water partition coefficient (Wildman–Crippen LogP) is 2.11. The van der Waals surface area contributed by atoms with Crippen molar-refractivity contribution in [2.75, 3.05) is 25.6 Å². The van der Waals surface area contributed by atoms with Crippen LogP contribution in [0.3, 0.4) is 0 Å². The SMILES string of the molecule is COCCCN=C(NN)Nc1ccc(F)c(C(F)(F)F)c1. The fraction of sp³-hybridized carbons (Fsp3) is 0.417. The van der Waals surface area contributed by atoms with E-state index in [1.807, 2.05) is 0 Å². The zero-order chi connectivity index (χ0) is 15.9. The van der Waals surface area contributed by atoms with Gasteiger partial charge in [0, 0.05) is 25.9 Å². The molecule has 0 saturated heterocycles. The van der Waals surface area contributed by atoms with Crippen LogP contribution in [0.1, 0.15) is 12.0 Å². The fourth-order valence-electron chi connectivity index (χ4n) is 1.48. The van der Waals surface area contributed by atoms with Crippen LogP contribution in [0.15, 0.2) is 23.2 Å².